The van der Waals surface area contributed by atoms with Gasteiger partial charge in [0, 0.05) is 18.1 Å². The quantitative estimate of drug-likeness (QED) is 0.744. The van der Waals surface area contributed by atoms with Crippen molar-refractivity contribution in [3.05, 3.63) is 0 Å². The highest BCUT2D eigenvalue weighted by Crippen LogP contribution is 2.23. The van der Waals surface area contributed by atoms with Gasteiger partial charge < -0.3 is 15.4 Å². The van der Waals surface area contributed by atoms with Gasteiger partial charge in [-0.1, -0.05) is 0 Å². The average Bonchev–Trinajstić information content (AvgIpc) is 2.10. The molecule has 1 fully saturated rings. The zero-order valence-corrected chi connectivity index (χ0v) is 9.86. The van der Waals surface area contributed by atoms with Crippen LogP contribution >= 0.6 is 0 Å². The minimum Gasteiger partial charge on any atom is -0.377 e. The van der Waals surface area contributed by atoms with Crippen molar-refractivity contribution in [3.8, 4) is 0 Å². The molecule has 0 spiro atoms. The van der Waals surface area contributed by atoms with Crippen LogP contribution in [0.4, 0.5) is 0 Å². The number of rotatable bonds is 3. The monoisotopic (exact) mass is 200 g/mol. The van der Waals surface area contributed by atoms with E-state index in [2.05, 4.69) is 25.8 Å². The van der Waals surface area contributed by atoms with Gasteiger partial charge >= 0.3 is 0 Å². The molecule has 84 valence electrons. The molecule has 0 saturated carbocycles. The van der Waals surface area contributed by atoms with E-state index in [1.807, 2.05) is 6.92 Å². The Labute approximate surface area is 87.6 Å². The Morgan fingerprint density at radius 3 is 2.29 bits per heavy atom. The molecule has 14 heavy (non-hydrogen) atoms. The Hall–Kier alpha value is -0.120. The molecule has 3 nitrogen and oxygen atoms in total. The summed E-state index contributed by atoms with van der Waals surface area (Å²) >= 11 is 0. The lowest BCUT2D eigenvalue weighted by Crippen LogP contribution is -2.47. The van der Waals surface area contributed by atoms with Gasteiger partial charge in [-0.05, 0) is 40.7 Å². The summed E-state index contributed by atoms with van der Waals surface area (Å²) < 4.78 is 5.78. The second kappa shape index (κ2) is 5.10. The molecule has 1 aliphatic heterocycles. The number of ether oxygens (including phenoxy) is 1. The van der Waals surface area contributed by atoms with Gasteiger partial charge in [-0.15, -0.1) is 0 Å². The fourth-order valence-electron chi connectivity index (χ4n) is 2.05. The van der Waals surface area contributed by atoms with E-state index in [0.29, 0.717) is 24.8 Å². The first-order valence-corrected chi connectivity index (χ1v) is 5.59. The van der Waals surface area contributed by atoms with Crippen molar-refractivity contribution in [2.24, 2.45) is 5.73 Å². The maximum absolute atomic E-state index is 5.78. The first-order valence-electron chi connectivity index (χ1n) is 5.59. The van der Waals surface area contributed by atoms with E-state index in [-0.39, 0.29) is 6.04 Å². The van der Waals surface area contributed by atoms with E-state index in [0.717, 1.165) is 12.8 Å². The van der Waals surface area contributed by atoms with Gasteiger partial charge in [0.25, 0.3) is 0 Å². The lowest BCUT2D eigenvalue weighted by atomic mass is 9.95. The smallest absolute Gasteiger partial charge is 0.0618 e. The molecule has 3 heteroatoms. The molecule has 0 aromatic heterocycles. The molecule has 0 radical (unpaired) electrons. The third kappa shape index (κ3) is 3.23. The molecule has 1 rings (SSSR count). The molecule has 4 atom stereocenters. The molecule has 1 heterocycles. The Morgan fingerprint density at radius 1 is 1.36 bits per heavy atom. The van der Waals surface area contributed by atoms with Gasteiger partial charge in [0.1, 0.15) is 0 Å². The van der Waals surface area contributed by atoms with Gasteiger partial charge in [-0.3, -0.25) is 0 Å². The molecular weight excluding hydrogens is 176 g/mol. The van der Waals surface area contributed by atoms with Crippen LogP contribution in [0.3, 0.4) is 0 Å². The highest BCUT2D eigenvalue weighted by atomic mass is 16.5. The largest absolute Gasteiger partial charge is 0.377 e. The second-order valence-electron chi connectivity index (χ2n) is 4.77. The van der Waals surface area contributed by atoms with E-state index in [9.17, 15) is 0 Å². The molecule has 0 aromatic rings. The van der Waals surface area contributed by atoms with Crippen LogP contribution in [0.25, 0.3) is 0 Å². The van der Waals surface area contributed by atoms with Crippen molar-refractivity contribution in [2.45, 2.75) is 57.8 Å². The summed E-state index contributed by atoms with van der Waals surface area (Å²) in [6, 6.07) is 1.40. The van der Waals surface area contributed by atoms with Gasteiger partial charge in [0.2, 0.25) is 0 Å². The van der Waals surface area contributed by atoms with Crippen LogP contribution in [0, 0.1) is 0 Å². The number of nitrogens with two attached hydrogens (primary N) is 1. The highest BCUT2D eigenvalue weighted by Gasteiger charge is 2.28. The maximum atomic E-state index is 5.78. The van der Waals surface area contributed by atoms with E-state index < -0.39 is 0 Å². The molecule has 0 amide bonds. The number of nitrogens with zero attached hydrogens (tertiary/aromatic N) is 1. The fourth-order valence-corrected chi connectivity index (χ4v) is 2.05. The van der Waals surface area contributed by atoms with Crippen molar-refractivity contribution in [3.63, 3.8) is 0 Å². The fraction of sp³-hybridized carbons (Fsp3) is 1.00. The van der Waals surface area contributed by atoms with Crippen molar-refractivity contribution in [2.75, 3.05) is 13.7 Å². The van der Waals surface area contributed by atoms with E-state index in [4.69, 9.17) is 10.5 Å². The maximum Gasteiger partial charge on any atom is 0.0618 e. The topological polar surface area (TPSA) is 38.5 Å². The van der Waals surface area contributed by atoms with E-state index in [1.165, 1.54) is 0 Å². The summed E-state index contributed by atoms with van der Waals surface area (Å²) in [5.74, 6) is 0. The molecule has 0 bridgehead atoms. The van der Waals surface area contributed by atoms with Crippen LogP contribution in [0.2, 0.25) is 0 Å². The van der Waals surface area contributed by atoms with Crippen molar-refractivity contribution in [1.82, 2.24) is 4.90 Å². The predicted octanol–water partition coefficient (Wildman–Crippen LogP) is 1.22. The van der Waals surface area contributed by atoms with Crippen LogP contribution in [-0.2, 0) is 4.74 Å². The number of hydrogen-bond acceptors (Lipinski definition) is 3. The zero-order valence-electron chi connectivity index (χ0n) is 9.86. The summed E-state index contributed by atoms with van der Waals surface area (Å²) in [5, 5.41) is 0. The first-order chi connectivity index (χ1) is 6.50. The summed E-state index contributed by atoms with van der Waals surface area (Å²) in [6.07, 6.45) is 2.67. The predicted molar refractivity (Wildman–Crippen MR) is 59.3 cm³/mol. The molecule has 2 unspecified atom stereocenters. The second-order valence-corrected chi connectivity index (χ2v) is 4.77. The Bertz CT molecular complexity index is 161. The lowest BCUT2D eigenvalue weighted by molar-refractivity contribution is -0.0281. The normalized spacial score (nSPS) is 37.1. The van der Waals surface area contributed by atoms with Gasteiger partial charge in [0.05, 0.1) is 12.7 Å². The summed E-state index contributed by atoms with van der Waals surface area (Å²) in [5.41, 5.74) is 5.67. The minimum absolute atomic E-state index is 0.153. The number of piperidine rings is 1. The highest BCUT2D eigenvalue weighted by molar-refractivity contribution is 4.83. The van der Waals surface area contributed by atoms with Gasteiger partial charge in [-0.25, -0.2) is 0 Å². The summed E-state index contributed by atoms with van der Waals surface area (Å²) in [6.45, 7) is 7.20. The SMILES string of the molecule is CC(N)COC1C[C@@H](C)N(C)[C@@H](C)C1. The van der Waals surface area contributed by atoms with E-state index in [1.54, 1.807) is 0 Å². The third-order valence-electron chi connectivity index (χ3n) is 3.19. The summed E-state index contributed by atoms with van der Waals surface area (Å²) in [4.78, 5) is 2.42. The standard InChI is InChI=1S/C11H24N2O/c1-8(12)7-14-11-5-9(2)13(4)10(3)6-11/h8-11H,5-7,12H2,1-4H3/t8?,9-,10+,11?. The third-order valence-corrected chi connectivity index (χ3v) is 3.19. The van der Waals surface area contributed by atoms with Crippen molar-refractivity contribution in [1.29, 1.82) is 0 Å². The van der Waals surface area contributed by atoms with Crippen LogP contribution in [0.5, 0.6) is 0 Å². The lowest BCUT2D eigenvalue weighted by Gasteiger charge is -2.40. The molecule has 0 aliphatic carbocycles. The van der Waals surface area contributed by atoms with E-state index >= 15 is 0 Å². The zero-order chi connectivity index (χ0) is 10.7. The summed E-state index contributed by atoms with van der Waals surface area (Å²) in [7, 11) is 2.19. The number of likely N-dealkylation sites (tertiary alicyclic amines) is 1. The van der Waals surface area contributed by atoms with Crippen LogP contribution in [0.1, 0.15) is 33.6 Å². The van der Waals surface area contributed by atoms with Crippen molar-refractivity contribution < 1.29 is 4.74 Å². The minimum atomic E-state index is 0.153. The molecular formula is C11H24N2O. The molecule has 0 aromatic carbocycles. The Morgan fingerprint density at radius 2 is 1.86 bits per heavy atom. The number of hydrogen-bond donors (Lipinski definition) is 1. The average molecular weight is 200 g/mol. The van der Waals surface area contributed by atoms with Crippen LogP contribution < -0.4 is 5.73 Å². The van der Waals surface area contributed by atoms with Crippen LogP contribution in [0.15, 0.2) is 0 Å². The Kier molecular flexibility index (Phi) is 4.35. The Balaban J connectivity index is 2.34. The molecule has 1 saturated heterocycles. The van der Waals surface area contributed by atoms with Gasteiger partial charge in [0.15, 0.2) is 0 Å². The van der Waals surface area contributed by atoms with Crippen molar-refractivity contribution >= 4 is 0 Å². The molecule has 1 aliphatic rings. The van der Waals surface area contributed by atoms with Crippen LogP contribution in [-0.4, -0.2) is 42.8 Å². The molecule has 2 N–H and O–H groups in total. The van der Waals surface area contributed by atoms with Gasteiger partial charge in [-0.2, -0.15) is 0 Å². The first kappa shape index (κ1) is 12.0.